The summed E-state index contributed by atoms with van der Waals surface area (Å²) in [6.07, 6.45) is 6.05. The molecule has 6 heteroatoms. The van der Waals surface area contributed by atoms with E-state index in [-0.39, 0.29) is 0 Å². The zero-order valence-electron chi connectivity index (χ0n) is 16.1. The summed E-state index contributed by atoms with van der Waals surface area (Å²) in [5, 5.41) is 7.03. The average molecular weight is 364 g/mol. The van der Waals surface area contributed by atoms with E-state index in [0.29, 0.717) is 17.0 Å². The normalized spacial score (nSPS) is 19.6. The standard InChI is InChI=1S/C21H28N6/c1-14(18-8-21(9-18)12-26(2)13-21)25-20-7-17-6-15(19(22)11-27(3)23)4-5-16(17)10-24-20/h4-7,10-11,18H,1,8-9,12-13,22-23H2,2-3H3,(H,24,25)/b19-11-. The molecule has 1 saturated heterocycles. The molecule has 1 aliphatic carbocycles. The second-order valence-electron chi connectivity index (χ2n) is 8.31. The number of hydrogen-bond donors (Lipinski definition) is 3. The number of nitrogens with zero attached hydrogens (tertiary/aromatic N) is 3. The molecule has 2 aromatic rings. The molecule has 1 spiro atoms. The Balaban J connectivity index is 1.47. The molecule has 1 aromatic heterocycles. The van der Waals surface area contributed by atoms with Crippen molar-refractivity contribution < 1.29 is 0 Å². The monoisotopic (exact) mass is 364 g/mol. The van der Waals surface area contributed by atoms with Gasteiger partial charge in [-0.15, -0.1) is 0 Å². The molecule has 5 N–H and O–H groups in total. The van der Waals surface area contributed by atoms with Gasteiger partial charge in [-0.05, 0) is 54.3 Å². The minimum absolute atomic E-state index is 0.543. The third-order valence-electron chi connectivity index (χ3n) is 5.75. The lowest BCUT2D eigenvalue weighted by molar-refractivity contribution is -0.0703. The van der Waals surface area contributed by atoms with Gasteiger partial charge in [0.05, 0.1) is 5.70 Å². The smallest absolute Gasteiger partial charge is 0.130 e. The van der Waals surface area contributed by atoms with Crippen molar-refractivity contribution >= 4 is 22.3 Å². The molecule has 1 saturated carbocycles. The number of hydrazine groups is 1. The van der Waals surface area contributed by atoms with Crippen LogP contribution in [0, 0.1) is 11.3 Å². The fourth-order valence-electron chi connectivity index (χ4n) is 4.54. The summed E-state index contributed by atoms with van der Waals surface area (Å²) < 4.78 is 0. The number of pyridine rings is 1. The summed E-state index contributed by atoms with van der Waals surface area (Å²) in [5.41, 5.74) is 9.30. The van der Waals surface area contributed by atoms with Gasteiger partial charge in [0, 0.05) is 43.6 Å². The van der Waals surface area contributed by atoms with Gasteiger partial charge in [0.25, 0.3) is 0 Å². The van der Waals surface area contributed by atoms with Gasteiger partial charge >= 0.3 is 0 Å². The quantitative estimate of drug-likeness (QED) is 0.559. The van der Waals surface area contributed by atoms with Crippen molar-refractivity contribution in [1.29, 1.82) is 0 Å². The lowest BCUT2D eigenvalue weighted by Crippen LogP contribution is -2.61. The first kappa shape index (κ1) is 17.8. The van der Waals surface area contributed by atoms with Gasteiger partial charge < -0.3 is 21.0 Å². The lowest BCUT2D eigenvalue weighted by atomic mass is 9.57. The Morgan fingerprint density at radius 2 is 2.07 bits per heavy atom. The first-order chi connectivity index (χ1) is 12.8. The number of hydrogen-bond acceptors (Lipinski definition) is 6. The number of allylic oxidation sites excluding steroid dienone is 1. The van der Waals surface area contributed by atoms with Crippen LogP contribution >= 0.6 is 0 Å². The van der Waals surface area contributed by atoms with E-state index in [9.17, 15) is 0 Å². The van der Waals surface area contributed by atoms with Crippen molar-refractivity contribution in [3.63, 3.8) is 0 Å². The number of anilines is 1. The van der Waals surface area contributed by atoms with Gasteiger partial charge in [-0.2, -0.15) is 0 Å². The summed E-state index contributed by atoms with van der Waals surface area (Å²) in [4.78, 5) is 6.93. The van der Waals surface area contributed by atoms with Crippen LogP contribution in [0.3, 0.4) is 0 Å². The van der Waals surface area contributed by atoms with Crippen molar-refractivity contribution in [1.82, 2.24) is 14.9 Å². The first-order valence-electron chi connectivity index (χ1n) is 9.33. The minimum Gasteiger partial charge on any atom is -0.397 e. The van der Waals surface area contributed by atoms with Crippen molar-refractivity contribution in [2.45, 2.75) is 12.8 Å². The Morgan fingerprint density at radius 1 is 1.33 bits per heavy atom. The molecular formula is C21H28N6. The number of rotatable bonds is 5. The molecule has 4 rings (SSSR count). The molecule has 6 nitrogen and oxygen atoms in total. The molecule has 0 unspecified atom stereocenters. The Morgan fingerprint density at radius 3 is 2.74 bits per heavy atom. The van der Waals surface area contributed by atoms with Gasteiger partial charge in [0.1, 0.15) is 5.82 Å². The van der Waals surface area contributed by atoms with E-state index in [1.807, 2.05) is 18.3 Å². The Hall–Kier alpha value is -2.57. The van der Waals surface area contributed by atoms with Crippen LogP contribution in [-0.4, -0.2) is 42.1 Å². The Kier molecular flexibility index (Phi) is 4.32. The van der Waals surface area contributed by atoms with E-state index >= 15 is 0 Å². The van der Waals surface area contributed by atoms with Crippen molar-refractivity contribution in [2.75, 3.05) is 32.5 Å². The molecule has 1 aromatic carbocycles. The van der Waals surface area contributed by atoms with Crippen LogP contribution in [0.25, 0.3) is 16.5 Å². The summed E-state index contributed by atoms with van der Waals surface area (Å²) in [6.45, 7) is 6.71. The molecule has 2 heterocycles. The Labute approximate surface area is 160 Å². The molecule has 1 aliphatic heterocycles. The zero-order chi connectivity index (χ0) is 19.2. The topological polar surface area (TPSA) is 83.4 Å². The number of nitrogens with one attached hydrogen (secondary N) is 1. The van der Waals surface area contributed by atoms with Crippen molar-refractivity contribution in [2.24, 2.45) is 22.9 Å². The van der Waals surface area contributed by atoms with E-state index in [0.717, 1.165) is 27.9 Å². The maximum atomic E-state index is 6.12. The number of benzene rings is 1. The third kappa shape index (κ3) is 3.50. The van der Waals surface area contributed by atoms with E-state index in [4.69, 9.17) is 11.6 Å². The predicted octanol–water partition coefficient (Wildman–Crippen LogP) is 2.56. The number of nitrogens with two attached hydrogens (primary N) is 2. The van der Waals surface area contributed by atoms with Crippen LogP contribution in [-0.2, 0) is 0 Å². The molecule has 0 amide bonds. The molecule has 0 atom stereocenters. The largest absolute Gasteiger partial charge is 0.397 e. The van der Waals surface area contributed by atoms with Crippen LogP contribution in [0.5, 0.6) is 0 Å². The third-order valence-corrected chi connectivity index (χ3v) is 5.75. The zero-order valence-corrected chi connectivity index (χ0v) is 16.1. The van der Waals surface area contributed by atoms with Gasteiger partial charge in [-0.25, -0.2) is 10.8 Å². The lowest BCUT2D eigenvalue weighted by Gasteiger charge is -2.58. The second kappa shape index (κ2) is 6.55. The molecule has 0 radical (unpaired) electrons. The summed E-state index contributed by atoms with van der Waals surface area (Å²) in [5.74, 6) is 7.03. The van der Waals surface area contributed by atoms with Crippen molar-refractivity contribution in [3.05, 3.63) is 54.5 Å². The van der Waals surface area contributed by atoms with Crippen LogP contribution in [0.15, 0.2) is 48.9 Å². The molecule has 2 aliphatic rings. The van der Waals surface area contributed by atoms with Gasteiger partial charge in [-0.3, -0.25) is 0 Å². The first-order valence-corrected chi connectivity index (χ1v) is 9.33. The van der Waals surface area contributed by atoms with E-state index in [2.05, 4.69) is 41.0 Å². The van der Waals surface area contributed by atoms with Gasteiger partial charge in [0.15, 0.2) is 0 Å². The van der Waals surface area contributed by atoms with Crippen LogP contribution in [0.4, 0.5) is 5.82 Å². The molecular weight excluding hydrogens is 336 g/mol. The van der Waals surface area contributed by atoms with Gasteiger partial charge in [0.2, 0.25) is 0 Å². The summed E-state index contributed by atoms with van der Waals surface area (Å²) in [6, 6.07) is 8.11. The fraction of sp³-hybridized carbons (Fsp3) is 0.381. The van der Waals surface area contributed by atoms with Crippen LogP contribution in [0.1, 0.15) is 18.4 Å². The number of likely N-dealkylation sites (tertiary alicyclic amines) is 1. The maximum Gasteiger partial charge on any atom is 0.130 e. The van der Waals surface area contributed by atoms with E-state index < -0.39 is 0 Å². The highest BCUT2D eigenvalue weighted by Gasteiger charge is 2.51. The number of fused-ring (bicyclic) bond motifs is 1. The summed E-state index contributed by atoms with van der Waals surface area (Å²) in [7, 11) is 3.93. The van der Waals surface area contributed by atoms with Crippen molar-refractivity contribution in [3.8, 4) is 0 Å². The minimum atomic E-state index is 0.543. The SMILES string of the molecule is C=C(Nc1cc2cc(/C(N)=C/N(C)N)ccc2cn1)C1CC2(C1)CN(C)C2. The highest BCUT2D eigenvalue weighted by molar-refractivity contribution is 5.87. The van der Waals surface area contributed by atoms with Crippen LogP contribution < -0.4 is 16.9 Å². The highest BCUT2D eigenvalue weighted by atomic mass is 15.4. The predicted molar refractivity (Wildman–Crippen MR) is 111 cm³/mol. The highest BCUT2D eigenvalue weighted by Crippen LogP contribution is 2.53. The fourth-order valence-corrected chi connectivity index (χ4v) is 4.54. The maximum absolute atomic E-state index is 6.12. The molecule has 0 bridgehead atoms. The molecule has 142 valence electrons. The average Bonchev–Trinajstić information content (AvgIpc) is 2.55. The summed E-state index contributed by atoms with van der Waals surface area (Å²) >= 11 is 0. The van der Waals surface area contributed by atoms with E-state index in [1.54, 1.807) is 13.2 Å². The Bertz CT molecular complexity index is 902. The number of aromatic nitrogens is 1. The van der Waals surface area contributed by atoms with Gasteiger partial charge in [-0.1, -0.05) is 18.7 Å². The second-order valence-corrected chi connectivity index (χ2v) is 8.31. The van der Waals surface area contributed by atoms with Crippen LogP contribution in [0.2, 0.25) is 0 Å². The van der Waals surface area contributed by atoms with E-state index in [1.165, 1.54) is 30.9 Å². The molecule has 2 fully saturated rings. The molecule has 27 heavy (non-hydrogen) atoms.